The molecule has 5 heteroatoms. The van der Waals surface area contributed by atoms with Crippen LogP contribution in [0.5, 0.6) is 0 Å². The van der Waals surface area contributed by atoms with Crippen LogP contribution in [0.4, 0.5) is 0 Å². The Morgan fingerprint density at radius 1 is 0.344 bits per heavy atom. The molecule has 0 spiro atoms. The second kappa shape index (κ2) is 55.2. The molecule has 0 heterocycles. The molecule has 0 aliphatic rings. The molecule has 0 aromatic heterocycles. The van der Waals surface area contributed by atoms with Crippen LogP contribution in [-0.4, -0.2) is 37.9 Å². The van der Waals surface area contributed by atoms with Crippen molar-refractivity contribution >= 4 is 11.9 Å². The fourth-order valence-corrected chi connectivity index (χ4v) is 8.10. The summed E-state index contributed by atoms with van der Waals surface area (Å²) in [6, 6.07) is 0. The SMILES string of the molecule is CCCCC/C=C\C/C=C\CCCCCCCCCCCCOCC(COC(=O)CCCCCCC/C=C\C/C=C\CCCCC)OC(=O)CCCCCCCCCCCCCCC. The van der Waals surface area contributed by atoms with Gasteiger partial charge in [0.05, 0.1) is 6.61 Å². The van der Waals surface area contributed by atoms with Gasteiger partial charge in [0.2, 0.25) is 0 Å². The zero-order valence-electron chi connectivity index (χ0n) is 43.1. The fourth-order valence-electron chi connectivity index (χ4n) is 8.10. The smallest absolute Gasteiger partial charge is 0.306 e. The normalized spacial score (nSPS) is 12.5. The Balaban J connectivity index is 4.24. The van der Waals surface area contributed by atoms with Crippen molar-refractivity contribution in [3.63, 3.8) is 0 Å². The van der Waals surface area contributed by atoms with Crippen LogP contribution >= 0.6 is 0 Å². The van der Waals surface area contributed by atoms with E-state index in [-0.39, 0.29) is 25.2 Å². The highest BCUT2D eigenvalue weighted by molar-refractivity contribution is 5.70. The molecule has 0 N–H and O–H groups in total. The number of unbranched alkanes of at least 4 members (excludes halogenated alkanes) is 33. The first-order valence-corrected chi connectivity index (χ1v) is 28.2. The lowest BCUT2D eigenvalue weighted by Crippen LogP contribution is -2.30. The Bertz CT molecular complexity index is 1060. The zero-order valence-corrected chi connectivity index (χ0v) is 43.1. The van der Waals surface area contributed by atoms with Crippen LogP contribution in [0, 0.1) is 0 Å². The number of carbonyl (C=O) groups is 2. The predicted octanol–water partition coefficient (Wildman–Crippen LogP) is 19.1. The van der Waals surface area contributed by atoms with Gasteiger partial charge in [0.25, 0.3) is 0 Å². The van der Waals surface area contributed by atoms with Gasteiger partial charge in [-0.25, -0.2) is 0 Å². The van der Waals surface area contributed by atoms with Crippen molar-refractivity contribution in [3.05, 3.63) is 48.6 Å². The third kappa shape index (κ3) is 52.5. The maximum atomic E-state index is 12.8. The van der Waals surface area contributed by atoms with Gasteiger partial charge in [-0.1, -0.05) is 243 Å². The quantitative estimate of drug-likeness (QED) is 0.0346. The zero-order chi connectivity index (χ0) is 46.3. The molecule has 0 fully saturated rings. The number of ether oxygens (including phenoxy) is 3. The van der Waals surface area contributed by atoms with E-state index in [4.69, 9.17) is 14.2 Å². The largest absolute Gasteiger partial charge is 0.462 e. The molecule has 64 heavy (non-hydrogen) atoms. The summed E-state index contributed by atoms with van der Waals surface area (Å²) in [6.45, 7) is 7.80. The van der Waals surface area contributed by atoms with Gasteiger partial charge in [0, 0.05) is 19.4 Å². The lowest BCUT2D eigenvalue weighted by Gasteiger charge is -2.18. The minimum atomic E-state index is -0.540. The molecule has 374 valence electrons. The standard InChI is InChI=1S/C59H108O5/c1-4-7-10-13-16-19-22-25-27-28-29-30-31-33-36-39-42-45-48-51-54-62-55-57(64-59(61)53-50-47-44-41-38-34-24-21-18-15-12-9-6-3)56-63-58(60)52-49-46-43-40-37-35-32-26-23-20-17-14-11-8-5-2/h16-17,19-20,25-27,32,57H,4-15,18,21-24,28-31,33-56H2,1-3H3/b19-16-,20-17-,27-25-,32-26-. The Labute approximate surface area is 399 Å². The number of esters is 2. The summed E-state index contributed by atoms with van der Waals surface area (Å²) >= 11 is 0. The van der Waals surface area contributed by atoms with Crippen molar-refractivity contribution in [1.29, 1.82) is 0 Å². The van der Waals surface area contributed by atoms with Crippen LogP contribution in [0.2, 0.25) is 0 Å². The molecule has 0 aromatic rings. The van der Waals surface area contributed by atoms with Crippen molar-refractivity contribution in [2.45, 2.75) is 297 Å². The molecular weight excluding hydrogens is 789 g/mol. The topological polar surface area (TPSA) is 61.8 Å². The van der Waals surface area contributed by atoms with Gasteiger partial charge in [-0.2, -0.15) is 0 Å². The maximum absolute atomic E-state index is 12.8. The minimum Gasteiger partial charge on any atom is -0.462 e. The first kappa shape index (κ1) is 61.9. The van der Waals surface area contributed by atoms with Gasteiger partial charge in [-0.05, 0) is 83.5 Å². The van der Waals surface area contributed by atoms with Gasteiger partial charge in [-0.3, -0.25) is 9.59 Å². The van der Waals surface area contributed by atoms with E-state index < -0.39 is 6.10 Å². The number of allylic oxidation sites excluding steroid dienone is 8. The van der Waals surface area contributed by atoms with E-state index in [1.165, 1.54) is 193 Å². The molecule has 5 nitrogen and oxygen atoms in total. The molecule has 0 amide bonds. The van der Waals surface area contributed by atoms with Crippen LogP contribution in [0.15, 0.2) is 48.6 Å². The van der Waals surface area contributed by atoms with E-state index in [9.17, 15) is 9.59 Å². The van der Waals surface area contributed by atoms with Crippen LogP contribution in [0.3, 0.4) is 0 Å². The Hall–Kier alpha value is -2.14. The third-order valence-corrected chi connectivity index (χ3v) is 12.3. The van der Waals surface area contributed by atoms with E-state index in [2.05, 4.69) is 69.4 Å². The predicted molar refractivity (Wildman–Crippen MR) is 279 cm³/mol. The maximum Gasteiger partial charge on any atom is 0.306 e. The van der Waals surface area contributed by atoms with E-state index >= 15 is 0 Å². The molecular formula is C59H108O5. The summed E-state index contributed by atoms with van der Waals surface area (Å²) in [7, 11) is 0. The molecule has 0 aliphatic carbocycles. The van der Waals surface area contributed by atoms with E-state index in [1.54, 1.807) is 0 Å². The Morgan fingerprint density at radius 2 is 0.656 bits per heavy atom. The average molecular weight is 898 g/mol. The lowest BCUT2D eigenvalue weighted by atomic mass is 10.0. The number of carbonyl (C=O) groups excluding carboxylic acids is 2. The van der Waals surface area contributed by atoms with E-state index in [0.717, 1.165) is 64.2 Å². The fraction of sp³-hybridized carbons (Fsp3) is 0.831. The second-order valence-electron chi connectivity index (χ2n) is 18.8. The van der Waals surface area contributed by atoms with Crippen molar-refractivity contribution in [1.82, 2.24) is 0 Å². The van der Waals surface area contributed by atoms with Gasteiger partial charge >= 0.3 is 11.9 Å². The molecule has 0 aromatic carbocycles. The second-order valence-corrected chi connectivity index (χ2v) is 18.8. The summed E-state index contributed by atoms with van der Waals surface area (Å²) in [5.74, 6) is -0.401. The van der Waals surface area contributed by atoms with Crippen molar-refractivity contribution in [2.24, 2.45) is 0 Å². The average Bonchev–Trinajstić information content (AvgIpc) is 3.30. The first-order valence-electron chi connectivity index (χ1n) is 28.2. The highest BCUT2D eigenvalue weighted by atomic mass is 16.6. The highest BCUT2D eigenvalue weighted by Crippen LogP contribution is 2.15. The molecule has 0 saturated carbocycles. The summed E-state index contributed by atoms with van der Waals surface area (Å²) in [4.78, 5) is 25.4. The molecule has 1 unspecified atom stereocenters. The summed E-state index contributed by atoms with van der Waals surface area (Å²) in [6.07, 6.45) is 68.4. The minimum absolute atomic E-state index is 0.0803. The van der Waals surface area contributed by atoms with Crippen molar-refractivity contribution in [2.75, 3.05) is 19.8 Å². The van der Waals surface area contributed by atoms with Crippen LogP contribution in [0.25, 0.3) is 0 Å². The van der Waals surface area contributed by atoms with Crippen LogP contribution < -0.4 is 0 Å². The molecule has 1 atom stereocenters. The van der Waals surface area contributed by atoms with Crippen LogP contribution in [0.1, 0.15) is 290 Å². The first-order chi connectivity index (χ1) is 31.6. The van der Waals surface area contributed by atoms with E-state index in [1.807, 2.05) is 0 Å². The van der Waals surface area contributed by atoms with Gasteiger partial charge in [0.1, 0.15) is 6.61 Å². The molecule has 0 saturated heterocycles. The van der Waals surface area contributed by atoms with Gasteiger partial charge < -0.3 is 14.2 Å². The van der Waals surface area contributed by atoms with Crippen molar-refractivity contribution in [3.8, 4) is 0 Å². The molecule has 0 radical (unpaired) electrons. The van der Waals surface area contributed by atoms with Crippen molar-refractivity contribution < 1.29 is 23.8 Å². The number of hydrogen-bond acceptors (Lipinski definition) is 5. The molecule has 0 bridgehead atoms. The van der Waals surface area contributed by atoms with Gasteiger partial charge in [0.15, 0.2) is 6.10 Å². The summed E-state index contributed by atoms with van der Waals surface area (Å²) in [5, 5.41) is 0. The van der Waals surface area contributed by atoms with E-state index in [0.29, 0.717) is 19.4 Å². The monoisotopic (exact) mass is 897 g/mol. The number of rotatable bonds is 52. The highest BCUT2D eigenvalue weighted by Gasteiger charge is 2.17. The molecule has 0 aliphatic heterocycles. The summed E-state index contributed by atoms with van der Waals surface area (Å²) in [5.41, 5.74) is 0. The van der Waals surface area contributed by atoms with Gasteiger partial charge in [-0.15, -0.1) is 0 Å². The summed E-state index contributed by atoms with van der Waals surface area (Å²) < 4.78 is 17.5. The van der Waals surface area contributed by atoms with Crippen LogP contribution in [-0.2, 0) is 23.8 Å². The Morgan fingerprint density at radius 3 is 1.06 bits per heavy atom. The molecule has 0 rings (SSSR count). The Kier molecular flexibility index (Phi) is 53.3. The number of hydrogen-bond donors (Lipinski definition) is 0. The lowest BCUT2D eigenvalue weighted by molar-refractivity contribution is -0.163. The third-order valence-electron chi connectivity index (χ3n) is 12.3.